The zero-order chi connectivity index (χ0) is 28.7. The molecule has 40 heavy (non-hydrogen) atoms. The van der Waals surface area contributed by atoms with Crippen LogP contribution in [0.5, 0.6) is 5.75 Å². The molecular weight excluding hydrogens is 575 g/mol. The molecular formula is C25H27ClF3N5O5S. The highest BCUT2D eigenvalue weighted by Gasteiger charge is 2.38. The first-order chi connectivity index (χ1) is 19.2. The summed E-state index contributed by atoms with van der Waals surface area (Å²) in [4.78, 5) is 26.5. The number of aliphatic carboxylic acids is 1. The predicted molar refractivity (Wildman–Crippen MR) is 144 cm³/mol. The number of carboxylic acids is 1. The molecule has 0 spiro atoms. The number of ether oxygens (including phenoxy) is 3. The Bertz CT molecular complexity index is 1300. The number of rotatable bonds is 6. The number of carboxylic acid groups (broad SMARTS) is 1. The first kappa shape index (κ1) is 29.8. The summed E-state index contributed by atoms with van der Waals surface area (Å²) in [7, 11) is 1.62. The molecule has 216 valence electrons. The fourth-order valence-electron chi connectivity index (χ4n) is 3.95. The third-order valence-corrected chi connectivity index (χ3v) is 7.46. The van der Waals surface area contributed by atoms with Crippen molar-refractivity contribution < 1.29 is 37.3 Å². The molecule has 2 N–H and O–H groups in total. The van der Waals surface area contributed by atoms with Gasteiger partial charge in [0.05, 0.1) is 41.6 Å². The van der Waals surface area contributed by atoms with Gasteiger partial charge >= 0.3 is 12.1 Å². The molecule has 0 unspecified atom stereocenters. The minimum absolute atomic E-state index is 0.319. The average Bonchev–Trinajstić information content (AvgIpc) is 3.40. The van der Waals surface area contributed by atoms with E-state index in [-0.39, 0.29) is 0 Å². The first-order valence-electron chi connectivity index (χ1n) is 12.3. The van der Waals surface area contributed by atoms with Gasteiger partial charge in [-0.15, -0.1) is 0 Å². The second kappa shape index (κ2) is 13.4. The van der Waals surface area contributed by atoms with E-state index in [0.29, 0.717) is 36.0 Å². The summed E-state index contributed by atoms with van der Waals surface area (Å²) in [5.74, 6) is -1.52. The van der Waals surface area contributed by atoms with Gasteiger partial charge in [-0.3, -0.25) is 0 Å². The van der Waals surface area contributed by atoms with E-state index in [4.69, 9.17) is 45.7 Å². The number of thiazole rings is 1. The van der Waals surface area contributed by atoms with Gasteiger partial charge < -0.3 is 29.5 Å². The summed E-state index contributed by atoms with van der Waals surface area (Å²) in [5, 5.41) is 12.1. The smallest absolute Gasteiger partial charge is 0.490 e. The second-order valence-corrected chi connectivity index (χ2v) is 10.1. The van der Waals surface area contributed by atoms with Gasteiger partial charge in [-0.05, 0) is 31.0 Å². The van der Waals surface area contributed by atoms with Crippen LogP contribution in [0.4, 0.5) is 24.3 Å². The molecule has 15 heteroatoms. The van der Waals surface area contributed by atoms with Gasteiger partial charge in [0.15, 0.2) is 5.13 Å². The number of anilines is 2. The summed E-state index contributed by atoms with van der Waals surface area (Å²) in [6, 6.07) is 7.98. The van der Waals surface area contributed by atoms with Gasteiger partial charge in [0, 0.05) is 44.1 Å². The highest BCUT2D eigenvalue weighted by Crippen LogP contribution is 2.41. The van der Waals surface area contributed by atoms with Crippen molar-refractivity contribution in [3.63, 3.8) is 0 Å². The topological polar surface area (TPSA) is 119 Å². The molecule has 5 rings (SSSR count). The molecule has 2 aliphatic rings. The summed E-state index contributed by atoms with van der Waals surface area (Å²) < 4.78 is 48.2. The fourth-order valence-corrected chi connectivity index (χ4v) is 5.26. The van der Waals surface area contributed by atoms with Crippen LogP contribution in [-0.2, 0) is 14.3 Å². The highest BCUT2D eigenvalue weighted by atomic mass is 35.5. The van der Waals surface area contributed by atoms with Crippen LogP contribution in [0.1, 0.15) is 12.8 Å². The molecule has 0 atom stereocenters. The Morgan fingerprint density at radius 2 is 1.82 bits per heavy atom. The van der Waals surface area contributed by atoms with Crippen LogP contribution >= 0.6 is 22.9 Å². The molecule has 2 aromatic heterocycles. The zero-order valence-corrected chi connectivity index (χ0v) is 23.0. The molecule has 3 aromatic rings. The summed E-state index contributed by atoms with van der Waals surface area (Å²) >= 11 is 7.91. The third-order valence-electron chi connectivity index (χ3n) is 6.01. The Kier molecular flexibility index (Phi) is 10.0. The number of benzene rings is 1. The SMILES string of the molecule is COc1cc(-c2nc(N3CCOCC3)sc2-c2ccnc(NC3CCOCC3)n2)ccc1Cl.O=C(O)C(F)(F)F. The standard InChI is InChI=1S/C23H26ClN5O3S.C2HF3O2/c1-30-19-14-15(2-3-17(19)24)20-21(33-23(28-20)29-8-12-32-13-9-29)18-4-7-25-22(27-18)26-16-5-10-31-11-6-16;3-2(4,5)1(6)7/h2-4,7,14,16H,5-6,8-13H2,1H3,(H,25,26,27);(H,6,7). The third kappa shape index (κ3) is 7.71. The second-order valence-electron chi connectivity index (χ2n) is 8.72. The minimum Gasteiger partial charge on any atom is -0.495 e. The van der Waals surface area contributed by atoms with E-state index in [0.717, 1.165) is 66.1 Å². The Morgan fingerprint density at radius 3 is 2.48 bits per heavy atom. The van der Waals surface area contributed by atoms with Crippen LogP contribution in [0, 0.1) is 0 Å². The maximum Gasteiger partial charge on any atom is 0.490 e. The molecule has 0 radical (unpaired) electrons. The normalized spacial score (nSPS) is 16.2. The van der Waals surface area contributed by atoms with Gasteiger partial charge in [0.2, 0.25) is 5.95 Å². The van der Waals surface area contributed by atoms with E-state index in [1.54, 1.807) is 24.6 Å². The van der Waals surface area contributed by atoms with Crippen molar-refractivity contribution in [2.75, 3.05) is 56.8 Å². The van der Waals surface area contributed by atoms with Crippen LogP contribution in [0.25, 0.3) is 21.8 Å². The van der Waals surface area contributed by atoms with Crippen LogP contribution in [-0.4, -0.2) is 84.9 Å². The van der Waals surface area contributed by atoms with Crippen molar-refractivity contribution >= 4 is 40.0 Å². The lowest BCUT2D eigenvalue weighted by atomic mass is 10.1. The Hall–Kier alpha value is -3.20. The van der Waals surface area contributed by atoms with Crippen molar-refractivity contribution in [2.45, 2.75) is 25.1 Å². The highest BCUT2D eigenvalue weighted by molar-refractivity contribution is 7.19. The maximum atomic E-state index is 10.6. The van der Waals surface area contributed by atoms with Crippen molar-refractivity contribution in [3.05, 3.63) is 35.5 Å². The van der Waals surface area contributed by atoms with E-state index in [1.165, 1.54) is 0 Å². The van der Waals surface area contributed by atoms with Gasteiger partial charge in [-0.2, -0.15) is 13.2 Å². The maximum absolute atomic E-state index is 10.6. The number of nitrogens with zero attached hydrogens (tertiary/aromatic N) is 4. The predicted octanol–water partition coefficient (Wildman–Crippen LogP) is 4.99. The molecule has 2 aliphatic heterocycles. The van der Waals surface area contributed by atoms with Gasteiger partial charge in [-0.1, -0.05) is 29.0 Å². The number of morpholine rings is 1. The Morgan fingerprint density at radius 1 is 1.15 bits per heavy atom. The van der Waals surface area contributed by atoms with Crippen LogP contribution < -0.4 is 15.0 Å². The minimum atomic E-state index is -5.08. The van der Waals surface area contributed by atoms with E-state index < -0.39 is 12.1 Å². The van der Waals surface area contributed by atoms with E-state index >= 15 is 0 Å². The number of carbonyl (C=O) groups is 1. The van der Waals surface area contributed by atoms with E-state index in [2.05, 4.69) is 15.2 Å². The van der Waals surface area contributed by atoms with Crippen molar-refractivity contribution in [1.29, 1.82) is 0 Å². The van der Waals surface area contributed by atoms with Crippen LogP contribution in [0.15, 0.2) is 30.5 Å². The Labute approximate surface area is 237 Å². The number of nitrogens with one attached hydrogen (secondary N) is 1. The van der Waals surface area contributed by atoms with Crippen LogP contribution in [0.3, 0.4) is 0 Å². The lowest BCUT2D eigenvalue weighted by Crippen LogP contribution is -2.36. The lowest BCUT2D eigenvalue weighted by molar-refractivity contribution is -0.192. The number of hydrogen-bond acceptors (Lipinski definition) is 10. The van der Waals surface area contributed by atoms with Gasteiger partial charge in [-0.25, -0.2) is 19.7 Å². The summed E-state index contributed by atoms with van der Waals surface area (Å²) in [6.07, 6.45) is -1.39. The van der Waals surface area contributed by atoms with E-state index in [9.17, 15) is 13.2 Å². The molecule has 4 heterocycles. The zero-order valence-electron chi connectivity index (χ0n) is 21.4. The number of halogens is 4. The Balaban J connectivity index is 0.000000470. The molecule has 1 aromatic carbocycles. The fraction of sp³-hybridized carbons (Fsp3) is 0.440. The lowest BCUT2D eigenvalue weighted by Gasteiger charge is -2.26. The van der Waals surface area contributed by atoms with Crippen molar-refractivity contribution in [3.8, 4) is 27.6 Å². The van der Waals surface area contributed by atoms with Crippen molar-refractivity contribution in [2.24, 2.45) is 0 Å². The largest absolute Gasteiger partial charge is 0.495 e. The molecule has 0 aliphatic carbocycles. The molecule has 2 saturated heterocycles. The monoisotopic (exact) mass is 601 g/mol. The molecule has 0 saturated carbocycles. The van der Waals surface area contributed by atoms with Gasteiger partial charge in [0.25, 0.3) is 0 Å². The number of aromatic nitrogens is 3. The summed E-state index contributed by atoms with van der Waals surface area (Å²) in [5.41, 5.74) is 2.62. The van der Waals surface area contributed by atoms with E-state index in [1.807, 2.05) is 24.3 Å². The van der Waals surface area contributed by atoms with Gasteiger partial charge in [0.1, 0.15) is 5.75 Å². The molecule has 0 bridgehead atoms. The summed E-state index contributed by atoms with van der Waals surface area (Å²) in [6.45, 7) is 4.56. The number of methoxy groups -OCH3 is 1. The number of hydrogen-bond donors (Lipinski definition) is 2. The molecule has 0 amide bonds. The first-order valence-corrected chi connectivity index (χ1v) is 13.5. The average molecular weight is 602 g/mol. The molecule has 10 nitrogen and oxygen atoms in total. The molecule has 2 fully saturated rings. The van der Waals surface area contributed by atoms with Crippen LogP contribution in [0.2, 0.25) is 5.02 Å². The van der Waals surface area contributed by atoms with Crippen molar-refractivity contribution in [1.82, 2.24) is 15.0 Å². The number of alkyl halides is 3. The quantitative estimate of drug-likeness (QED) is 0.400.